The Bertz CT molecular complexity index is 574. The number of carbonyl (C=O) groups excluding carboxylic acids is 2. The van der Waals surface area contributed by atoms with Crippen LogP contribution in [0.2, 0.25) is 0 Å². The highest BCUT2D eigenvalue weighted by Gasteiger charge is 2.63. The Labute approximate surface area is 127 Å². The van der Waals surface area contributed by atoms with Gasteiger partial charge in [-0.05, 0) is 19.4 Å². The Balaban J connectivity index is 1.70. The Morgan fingerprint density at radius 1 is 1.38 bits per heavy atom. The summed E-state index contributed by atoms with van der Waals surface area (Å²) in [7, 11) is 0. The zero-order chi connectivity index (χ0) is 15.2. The van der Waals surface area contributed by atoms with E-state index in [4.69, 9.17) is 4.74 Å². The van der Waals surface area contributed by atoms with Gasteiger partial charge in [0, 0.05) is 4.75 Å². The number of amides is 1. The van der Waals surface area contributed by atoms with Crippen molar-refractivity contribution in [1.29, 1.82) is 0 Å². The number of β-lactam (4-membered cyclic amide) rings is 1. The number of ether oxygens (including phenoxy) is 1. The summed E-state index contributed by atoms with van der Waals surface area (Å²) in [6.45, 7) is 3.97. The van der Waals surface area contributed by atoms with Crippen molar-refractivity contribution < 1.29 is 19.4 Å². The van der Waals surface area contributed by atoms with Crippen LogP contribution in [0, 0.1) is 0 Å². The van der Waals surface area contributed by atoms with Crippen LogP contribution in [-0.4, -0.2) is 44.1 Å². The number of aliphatic hydroxyl groups is 1. The van der Waals surface area contributed by atoms with Crippen LogP contribution in [0.5, 0.6) is 0 Å². The summed E-state index contributed by atoms with van der Waals surface area (Å²) < 4.78 is 4.89. The number of hydrogen-bond donors (Lipinski definition) is 1. The van der Waals surface area contributed by atoms with Crippen molar-refractivity contribution in [3.63, 3.8) is 0 Å². The lowest BCUT2D eigenvalue weighted by Gasteiger charge is -2.41. The van der Waals surface area contributed by atoms with Crippen LogP contribution in [0.1, 0.15) is 19.4 Å². The van der Waals surface area contributed by atoms with Gasteiger partial charge in [0.25, 0.3) is 5.91 Å². The number of esters is 1. The minimum Gasteiger partial charge on any atom is -0.459 e. The number of carbonyl (C=O) groups is 2. The zero-order valence-corrected chi connectivity index (χ0v) is 12.7. The van der Waals surface area contributed by atoms with E-state index in [1.807, 2.05) is 44.2 Å². The van der Waals surface area contributed by atoms with Crippen LogP contribution in [0.4, 0.5) is 0 Å². The molecule has 2 aliphatic rings. The Morgan fingerprint density at radius 2 is 2.05 bits per heavy atom. The molecule has 112 valence electrons. The van der Waals surface area contributed by atoms with Crippen molar-refractivity contribution in [2.75, 3.05) is 0 Å². The van der Waals surface area contributed by atoms with E-state index in [9.17, 15) is 14.7 Å². The molecule has 1 amide bonds. The molecule has 0 aliphatic carbocycles. The molecule has 1 N–H and O–H groups in total. The first-order valence-corrected chi connectivity index (χ1v) is 7.68. The van der Waals surface area contributed by atoms with Crippen molar-refractivity contribution >= 4 is 23.6 Å². The first-order valence-electron chi connectivity index (χ1n) is 6.80. The number of thioether (sulfide) groups is 1. The summed E-state index contributed by atoms with van der Waals surface area (Å²) >= 11 is 1.44. The van der Waals surface area contributed by atoms with Crippen molar-refractivity contribution in [3.05, 3.63) is 35.9 Å². The van der Waals surface area contributed by atoms with Gasteiger partial charge < -0.3 is 14.7 Å². The van der Waals surface area contributed by atoms with Gasteiger partial charge in [-0.2, -0.15) is 0 Å². The molecule has 3 atom stereocenters. The molecule has 2 aliphatic heterocycles. The first-order chi connectivity index (χ1) is 9.92. The maximum atomic E-state index is 12.4. The SMILES string of the molecule is CC1(C)S[C@@H]2[C@H](O)C(=O)N2[C@H]1C(=O)OCc1ccccc1. The summed E-state index contributed by atoms with van der Waals surface area (Å²) in [5.41, 5.74) is 0.904. The highest BCUT2D eigenvalue weighted by molar-refractivity contribution is 8.01. The van der Waals surface area contributed by atoms with Gasteiger partial charge in [-0.1, -0.05) is 30.3 Å². The summed E-state index contributed by atoms with van der Waals surface area (Å²) in [4.78, 5) is 25.6. The van der Waals surface area contributed by atoms with Crippen LogP contribution in [0.3, 0.4) is 0 Å². The van der Waals surface area contributed by atoms with Crippen molar-refractivity contribution in [2.45, 2.75) is 42.7 Å². The average molecular weight is 307 g/mol. The molecule has 0 saturated carbocycles. The lowest BCUT2D eigenvalue weighted by Crippen LogP contribution is -2.65. The highest BCUT2D eigenvalue weighted by atomic mass is 32.2. The van der Waals surface area contributed by atoms with Crippen LogP contribution >= 0.6 is 11.8 Å². The topological polar surface area (TPSA) is 66.8 Å². The molecule has 2 fully saturated rings. The second kappa shape index (κ2) is 5.03. The first kappa shape index (κ1) is 14.4. The van der Waals surface area contributed by atoms with E-state index in [1.165, 1.54) is 16.7 Å². The molecule has 2 heterocycles. The van der Waals surface area contributed by atoms with Crippen LogP contribution in [0.25, 0.3) is 0 Å². The quantitative estimate of drug-likeness (QED) is 0.670. The second-order valence-corrected chi connectivity index (χ2v) is 7.57. The fourth-order valence-corrected chi connectivity index (χ4v) is 4.33. The van der Waals surface area contributed by atoms with E-state index < -0.39 is 22.9 Å². The van der Waals surface area contributed by atoms with Gasteiger partial charge in [0.1, 0.15) is 18.0 Å². The number of fused-ring (bicyclic) bond motifs is 1. The third-order valence-electron chi connectivity index (χ3n) is 3.86. The van der Waals surface area contributed by atoms with E-state index >= 15 is 0 Å². The number of aliphatic hydroxyl groups excluding tert-OH is 1. The maximum absolute atomic E-state index is 12.4. The van der Waals surface area contributed by atoms with E-state index in [0.29, 0.717) is 0 Å². The Hall–Kier alpha value is -1.53. The van der Waals surface area contributed by atoms with Crippen LogP contribution < -0.4 is 0 Å². The molecule has 1 aromatic rings. The summed E-state index contributed by atoms with van der Waals surface area (Å²) in [6.07, 6.45) is -0.999. The predicted molar refractivity (Wildman–Crippen MR) is 78.3 cm³/mol. The Kier molecular flexibility index (Phi) is 3.45. The van der Waals surface area contributed by atoms with Gasteiger partial charge in [0.05, 0.1) is 0 Å². The van der Waals surface area contributed by atoms with Crippen molar-refractivity contribution in [2.24, 2.45) is 0 Å². The second-order valence-electron chi connectivity index (χ2n) is 5.80. The summed E-state index contributed by atoms with van der Waals surface area (Å²) in [5, 5.41) is 9.33. The van der Waals surface area contributed by atoms with Gasteiger partial charge in [-0.3, -0.25) is 4.79 Å². The third-order valence-corrected chi connectivity index (χ3v) is 5.42. The smallest absolute Gasteiger partial charge is 0.330 e. The molecule has 5 nitrogen and oxygen atoms in total. The third kappa shape index (κ3) is 2.32. The van der Waals surface area contributed by atoms with Gasteiger partial charge in [0.2, 0.25) is 0 Å². The molecule has 21 heavy (non-hydrogen) atoms. The molecular formula is C15H17NO4S. The van der Waals surface area contributed by atoms with Gasteiger partial charge in [0.15, 0.2) is 6.10 Å². The standard InChI is InChI=1S/C15H17NO4S/c1-15(2)11(16-12(18)10(17)13(16)21-15)14(19)20-8-9-6-4-3-5-7-9/h3-7,10-11,13,17H,8H2,1-2H3/t10-,11+,13-/m1/s1. The lowest BCUT2D eigenvalue weighted by molar-refractivity contribution is -0.172. The highest BCUT2D eigenvalue weighted by Crippen LogP contribution is 2.50. The minimum absolute atomic E-state index is 0.187. The molecule has 1 aromatic carbocycles. The van der Waals surface area contributed by atoms with Gasteiger partial charge in [-0.25, -0.2) is 4.79 Å². The number of nitrogens with zero attached hydrogens (tertiary/aromatic N) is 1. The van der Waals surface area contributed by atoms with E-state index in [1.54, 1.807) is 0 Å². The van der Waals surface area contributed by atoms with Crippen LogP contribution in [-0.2, 0) is 20.9 Å². The van der Waals surface area contributed by atoms with E-state index in [2.05, 4.69) is 0 Å². The van der Waals surface area contributed by atoms with Crippen molar-refractivity contribution in [3.8, 4) is 0 Å². The van der Waals surface area contributed by atoms with Gasteiger partial charge >= 0.3 is 5.97 Å². The average Bonchev–Trinajstić information content (AvgIpc) is 2.74. The largest absolute Gasteiger partial charge is 0.459 e. The van der Waals surface area contributed by atoms with E-state index in [-0.39, 0.29) is 17.9 Å². The molecule has 0 unspecified atom stereocenters. The molecule has 0 aromatic heterocycles. The van der Waals surface area contributed by atoms with Gasteiger partial charge in [-0.15, -0.1) is 11.8 Å². The number of benzene rings is 1. The number of rotatable bonds is 3. The van der Waals surface area contributed by atoms with Crippen molar-refractivity contribution in [1.82, 2.24) is 4.90 Å². The van der Waals surface area contributed by atoms with E-state index in [0.717, 1.165) is 5.56 Å². The number of hydrogen-bond acceptors (Lipinski definition) is 5. The summed E-state index contributed by atoms with van der Waals surface area (Å²) in [6, 6.07) is 8.76. The monoisotopic (exact) mass is 307 g/mol. The lowest BCUT2D eigenvalue weighted by atomic mass is 9.97. The maximum Gasteiger partial charge on any atom is 0.330 e. The normalized spacial score (nSPS) is 29.8. The predicted octanol–water partition coefficient (Wildman–Crippen LogP) is 1.15. The Morgan fingerprint density at radius 3 is 2.71 bits per heavy atom. The molecule has 2 saturated heterocycles. The van der Waals surface area contributed by atoms with Crippen LogP contribution in [0.15, 0.2) is 30.3 Å². The fourth-order valence-electron chi connectivity index (χ4n) is 2.78. The fraction of sp³-hybridized carbons (Fsp3) is 0.467. The molecule has 0 bridgehead atoms. The molecule has 0 radical (unpaired) electrons. The molecular weight excluding hydrogens is 290 g/mol. The molecule has 6 heteroatoms. The summed E-state index contributed by atoms with van der Waals surface area (Å²) in [5.74, 6) is -0.807. The molecule has 3 rings (SSSR count). The zero-order valence-electron chi connectivity index (χ0n) is 11.9. The minimum atomic E-state index is -0.999. The molecule has 0 spiro atoms.